The summed E-state index contributed by atoms with van der Waals surface area (Å²) in [6.07, 6.45) is 7.83. The number of nitrogens with zero attached hydrogens (tertiary/aromatic N) is 2. The van der Waals surface area contributed by atoms with Gasteiger partial charge in [0.15, 0.2) is 0 Å². The summed E-state index contributed by atoms with van der Waals surface area (Å²) in [4.78, 5) is 19.7. The minimum Gasteiger partial charge on any atom is -0.298 e. The van der Waals surface area contributed by atoms with Crippen molar-refractivity contribution >= 4 is 17.5 Å². The summed E-state index contributed by atoms with van der Waals surface area (Å²) in [5.74, 6) is 1.26. The molecule has 15 heavy (non-hydrogen) atoms. The number of carbonyl (C=O) groups excluding carboxylic acids is 1. The molecule has 0 radical (unpaired) electrons. The lowest BCUT2D eigenvalue weighted by Crippen LogP contribution is -2.13. The van der Waals surface area contributed by atoms with Gasteiger partial charge in [-0.05, 0) is 18.9 Å². The maximum atomic E-state index is 11.8. The Morgan fingerprint density at radius 3 is 2.93 bits per heavy atom. The van der Waals surface area contributed by atoms with Gasteiger partial charge in [0.05, 0.1) is 10.8 Å². The van der Waals surface area contributed by atoms with Crippen LogP contribution in [0.25, 0.3) is 0 Å². The van der Waals surface area contributed by atoms with Gasteiger partial charge in [-0.3, -0.25) is 4.79 Å². The Labute approximate surface area is 93.7 Å². The van der Waals surface area contributed by atoms with Gasteiger partial charge >= 0.3 is 0 Å². The molecule has 1 aliphatic rings. The number of ketones is 1. The topological polar surface area (TPSA) is 42.9 Å². The van der Waals surface area contributed by atoms with Crippen LogP contribution in [0.5, 0.6) is 0 Å². The summed E-state index contributed by atoms with van der Waals surface area (Å²) in [5, 5.41) is 0.886. The Morgan fingerprint density at radius 1 is 1.47 bits per heavy atom. The number of thioether (sulfide) groups is 1. The molecule has 80 valence electrons. The largest absolute Gasteiger partial charge is 0.298 e. The van der Waals surface area contributed by atoms with E-state index < -0.39 is 0 Å². The van der Waals surface area contributed by atoms with Gasteiger partial charge < -0.3 is 0 Å². The molecule has 0 unspecified atom stereocenters. The maximum absolute atomic E-state index is 11.8. The van der Waals surface area contributed by atoms with Crippen molar-refractivity contribution in [1.29, 1.82) is 0 Å². The average Bonchev–Trinajstić information content (AvgIpc) is 2.81. The van der Waals surface area contributed by atoms with Crippen molar-refractivity contribution in [2.45, 2.75) is 30.7 Å². The first-order valence-corrected chi connectivity index (χ1v) is 6.26. The van der Waals surface area contributed by atoms with E-state index in [9.17, 15) is 4.79 Å². The summed E-state index contributed by atoms with van der Waals surface area (Å²) in [7, 11) is 0. The van der Waals surface area contributed by atoms with Crippen LogP contribution >= 0.6 is 11.8 Å². The van der Waals surface area contributed by atoms with Crippen molar-refractivity contribution in [3.8, 4) is 0 Å². The van der Waals surface area contributed by atoms with Gasteiger partial charge in [0.2, 0.25) is 0 Å². The van der Waals surface area contributed by atoms with Crippen LogP contribution in [0.2, 0.25) is 0 Å². The normalized spacial score (nSPS) is 16.8. The van der Waals surface area contributed by atoms with E-state index in [0.717, 1.165) is 17.9 Å². The van der Waals surface area contributed by atoms with E-state index in [0.29, 0.717) is 17.5 Å². The van der Waals surface area contributed by atoms with E-state index in [-0.39, 0.29) is 0 Å². The van der Waals surface area contributed by atoms with Crippen molar-refractivity contribution < 1.29 is 4.79 Å². The maximum Gasteiger partial charge on any atom is 0.146 e. The Bertz CT molecular complexity index is 323. The van der Waals surface area contributed by atoms with Gasteiger partial charge in [-0.1, -0.05) is 24.6 Å². The predicted molar refractivity (Wildman–Crippen MR) is 59.7 cm³/mol. The van der Waals surface area contributed by atoms with Crippen LogP contribution in [0.15, 0.2) is 23.6 Å². The Hall–Kier alpha value is -0.900. The standard InChI is InChI=1S/C11H14N2OS/c14-10(9-3-1-2-4-9)7-15-11-5-6-12-8-13-11/h5-6,8-9H,1-4,7H2. The number of Topliss-reactive ketones (excluding diaryl/α,β-unsaturated/α-hetero) is 1. The van der Waals surface area contributed by atoms with Gasteiger partial charge in [-0.25, -0.2) is 9.97 Å². The molecule has 0 N–H and O–H groups in total. The number of hydrogen-bond donors (Lipinski definition) is 0. The zero-order valence-electron chi connectivity index (χ0n) is 8.56. The summed E-state index contributed by atoms with van der Waals surface area (Å²) < 4.78 is 0. The third-order valence-corrected chi connectivity index (χ3v) is 3.69. The average molecular weight is 222 g/mol. The smallest absolute Gasteiger partial charge is 0.146 e. The number of rotatable bonds is 4. The molecule has 0 aromatic carbocycles. The molecule has 2 rings (SSSR count). The third kappa shape index (κ3) is 3.02. The van der Waals surface area contributed by atoms with E-state index in [2.05, 4.69) is 9.97 Å². The summed E-state index contributed by atoms with van der Waals surface area (Å²) >= 11 is 1.51. The van der Waals surface area contributed by atoms with E-state index in [1.807, 2.05) is 6.07 Å². The quantitative estimate of drug-likeness (QED) is 0.579. The summed E-state index contributed by atoms with van der Waals surface area (Å²) in [6, 6.07) is 1.84. The van der Waals surface area contributed by atoms with E-state index in [1.54, 1.807) is 6.20 Å². The molecule has 1 aromatic rings. The highest BCUT2D eigenvalue weighted by atomic mass is 32.2. The lowest BCUT2D eigenvalue weighted by molar-refractivity contribution is -0.120. The monoisotopic (exact) mass is 222 g/mol. The molecule has 4 heteroatoms. The van der Waals surface area contributed by atoms with E-state index >= 15 is 0 Å². The minimum atomic E-state index is 0.319. The van der Waals surface area contributed by atoms with Crippen LogP contribution in [0.3, 0.4) is 0 Å². The predicted octanol–water partition coefficient (Wildman–Crippen LogP) is 2.33. The molecular weight excluding hydrogens is 208 g/mol. The molecular formula is C11H14N2OS. The second-order valence-corrected chi connectivity index (χ2v) is 4.78. The molecule has 0 atom stereocenters. The first-order chi connectivity index (χ1) is 7.36. The van der Waals surface area contributed by atoms with Crippen LogP contribution in [-0.2, 0) is 4.79 Å². The number of hydrogen-bond acceptors (Lipinski definition) is 4. The van der Waals surface area contributed by atoms with Crippen LogP contribution in [-0.4, -0.2) is 21.5 Å². The van der Waals surface area contributed by atoms with Crippen molar-refractivity contribution in [3.05, 3.63) is 18.6 Å². The molecule has 1 aromatic heterocycles. The zero-order chi connectivity index (χ0) is 10.5. The van der Waals surface area contributed by atoms with Crippen LogP contribution in [0.1, 0.15) is 25.7 Å². The SMILES string of the molecule is O=C(CSc1ccncn1)C1CCCC1. The molecule has 3 nitrogen and oxygen atoms in total. The Morgan fingerprint density at radius 2 is 2.27 bits per heavy atom. The number of aromatic nitrogens is 2. The van der Waals surface area contributed by atoms with Crippen molar-refractivity contribution in [2.75, 3.05) is 5.75 Å². The number of carbonyl (C=O) groups is 1. The molecule has 1 saturated carbocycles. The molecule has 0 bridgehead atoms. The van der Waals surface area contributed by atoms with E-state index in [4.69, 9.17) is 0 Å². The highest BCUT2D eigenvalue weighted by molar-refractivity contribution is 7.99. The fourth-order valence-corrected chi connectivity index (χ4v) is 2.68. The van der Waals surface area contributed by atoms with Crippen molar-refractivity contribution in [2.24, 2.45) is 5.92 Å². The minimum absolute atomic E-state index is 0.319. The summed E-state index contributed by atoms with van der Waals surface area (Å²) in [6.45, 7) is 0. The van der Waals surface area contributed by atoms with Crippen molar-refractivity contribution in [1.82, 2.24) is 9.97 Å². The van der Waals surface area contributed by atoms with Crippen molar-refractivity contribution in [3.63, 3.8) is 0 Å². The molecule has 0 spiro atoms. The molecule has 0 amide bonds. The van der Waals surface area contributed by atoms with Gasteiger partial charge in [0.1, 0.15) is 12.1 Å². The highest BCUT2D eigenvalue weighted by Gasteiger charge is 2.22. The second-order valence-electron chi connectivity index (χ2n) is 3.78. The van der Waals surface area contributed by atoms with Gasteiger partial charge in [0, 0.05) is 12.1 Å². The molecule has 1 fully saturated rings. The van der Waals surface area contributed by atoms with Crippen LogP contribution in [0.4, 0.5) is 0 Å². The van der Waals surface area contributed by atoms with Gasteiger partial charge in [0.25, 0.3) is 0 Å². The molecule has 1 aliphatic carbocycles. The lowest BCUT2D eigenvalue weighted by atomic mass is 10.0. The second kappa shape index (κ2) is 5.26. The summed E-state index contributed by atoms with van der Waals surface area (Å²) in [5.41, 5.74) is 0. The third-order valence-electron chi connectivity index (χ3n) is 2.73. The van der Waals surface area contributed by atoms with Gasteiger partial charge in [-0.2, -0.15) is 0 Å². The Kier molecular flexibility index (Phi) is 3.72. The fraction of sp³-hybridized carbons (Fsp3) is 0.545. The highest BCUT2D eigenvalue weighted by Crippen LogP contribution is 2.27. The van der Waals surface area contributed by atoms with Gasteiger partial charge in [-0.15, -0.1) is 0 Å². The molecule has 1 heterocycles. The Balaban J connectivity index is 1.80. The van der Waals surface area contributed by atoms with E-state index in [1.165, 1.54) is 30.9 Å². The fourth-order valence-electron chi connectivity index (χ4n) is 1.87. The lowest BCUT2D eigenvalue weighted by Gasteiger charge is -2.06. The zero-order valence-corrected chi connectivity index (χ0v) is 9.37. The molecule has 0 saturated heterocycles. The van der Waals surface area contributed by atoms with Crippen LogP contribution < -0.4 is 0 Å². The molecule has 0 aliphatic heterocycles. The van der Waals surface area contributed by atoms with Crippen LogP contribution in [0, 0.1) is 5.92 Å². The first kappa shape index (κ1) is 10.6. The first-order valence-electron chi connectivity index (χ1n) is 5.28.